The summed E-state index contributed by atoms with van der Waals surface area (Å²) in [5.41, 5.74) is 1.33. The lowest BCUT2D eigenvalue weighted by molar-refractivity contribution is 0.0588. The minimum atomic E-state index is 0.00462. The predicted octanol–water partition coefficient (Wildman–Crippen LogP) is 0.498. The van der Waals surface area contributed by atoms with Crippen LogP contribution in [0.25, 0.3) is 0 Å². The van der Waals surface area contributed by atoms with E-state index in [2.05, 4.69) is 14.9 Å². The van der Waals surface area contributed by atoms with Gasteiger partial charge < -0.3 is 9.64 Å². The van der Waals surface area contributed by atoms with Crippen molar-refractivity contribution >= 4 is 5.91 Å². The molecule has 110 valence electrons. The number of aryl methyl sites for hydroxylation is 2. The molecule has 2 heterocycles. The fraction of sp³-hybridized carbons (Fsp3) is 0.643. The van der Waals surface area contributed by atoms with Crippen molar-refractivity contribution in [2.45, 2.75) is 13.8 Å². The molecule has 1 aromatic rings. The Morgan fingerprint density at radius 1 is 1.25 bits per heavy atom. The summed E-state index contributed by atoms with van der Waals surface area (Å²) in [6.07, 6.45) is 0. The zero-order valence-electron chi connectivity index (χ0n) is 12.4. The Bertz CT molecular complexity index is 450. The van der Waals surface area contributed by atoms with E-state index in [1.165, 1.54) is 0 Å². The molecule has 0 radical (unpaired) electrons. The van der Waals surface area contributed by atoms with Gasteiger partial charge in [-0.05, 0) is 19.9 Å². The molecule has 0 N–H and O–H groups in total. The largest absolute Gasteiger partial charge is 0.383 e. The number of nitrogens with zero attached hydrogens (tertiary/aromatic N) is 4. The SMILES string of the molecule is COCCN1CCN(C(=O)c2cc(C)nc(C)n2)CC1. The summed E-state index contributed by atoms with van der Waals surface area (Å²) in [7, 11) is 1.71. The highest BCUT2D eigenvalue weighted by Crippen LogP contribution is 2.08. The third kappa shape index (κ3) is 3.74. The minimum Gasteiger partial charge on any atom is -0.383 e. The second-order valence-electron chi connectivity index (χ2n) is 5.07. The summed E-state index contributed by atoms with van der Waals surface area (Å²) >= 11 is 0. The lowest BCUT2D eigenvalue weighted by atomic mass is 10.2. The summed E-state index contributed by atoms with van der Waals surface area (Å²) in [6.45, 7) is 8.61. The number of hydrogen-bond acceptors (Lipinski definition) is 5. The third-order valence-electron chi connectivity index (χ3n) is 3.46. The number of hydrogen-bond donors (Lipinski definition) is 0. The highest BCUT2D eigenvalue weighted by atomic mass is 16.5. The van der Waals surface area contributed by atoms with Crippen molar-refractivity contribution in [2.24, 2.45) is 0 Å². The highest BCUT2D eigenvalue weighted by Gasteiger charge is 2.23. The lowest BCUT2D eigenvalue weighted by Crippen LogP contribution is -2.49. The Morgan fingerprint density at radius 2 is 1.95 bits per heavy atom. The maximum atomic E-state index is 12.4. The normalized spacial score (nSPS) is 16.4. The van der Waals surface area contributed by atoms with Gasteiger partial charge in [0.15, 0.2) is 0 Å². The second kappa shape index (κ2) is 6.76. The number of methoxy groups -OCH3 is 1. The monoisotopic (exact) mass is 278 g/mol. The molecule has 0 aromatic carbocycles. The molecule has 1 aromatic heterocycles. The third-order valence-corrected chi connectivity index (χ3v) is 3.46. The van der Waals surface area contributed by atoms with Crippen molar-refractivity contribution in [2.75, 3.05) is 46.4 Å². The van der Waals surface area contributed by atoms with E-state index in [4.69, 9.17) is 4.74 Å². The van der Waals surface area contributed by atoms with E-state index in [-0.39, 0.29) is 5.91 Å². The van der Waals surface area contributed by atoms with Gasteiger partial charge in [0.2, 0.25) is 0 Å². The molecule has 2 rings (SSSR count). The maximum Gasteiger partial charge on any atom is 0.272 e. The summed E-state index contributed by atoms with van der Waals surface area (Å²) in [4.78, 5) is 25.0. The number of rotatable bonds is 4. The van der Waals surface area contributed by atoms with Crippen LogP contribution >= 0.6 is 0 Å². The van der Waals surface area contributed by atoms with Gasteiger partial charge in [-0.2, -0.15) is 0 Å². The van der Waals surface area contributed by atoms with Crippen LogP contribution in [0.15, 0.2) is 6.07 Å². The van der Waals surface area contributed by atoms with E-state index >= 15 is 0 Å². The van der Waals surface area contributed by atoms with E-state index < -0.39 is 0 Å². The highest BCUT2D eigenvalue weighted by molar-refractivity contribution is 5.92. The Labute approximate surface area is 119 Å². The van der Waals surface area contributed by atoms with Gasteiger partial charge in [0, 0.05) is 45.5 Å². The van der Waals surface area contributed by atoms with Crippen LogP contribution in [-0.2, 0) is 4.74 Å². The molecule has 1 amide bonds. The molecule has 6 nitrogen and oxygen atoms in total. The summed E-state index contributed by atoms with van der Waals surface area (Å²) in [5, 5.41) is 0. The van der Waals surface area contributed by atoms with Crippen LogP contribution in [0.5, 0.6) is 0 Å². The lowest BCUT2D eigenvalue weighted by Gasteiger charge is -2.34. The van der Waals surface area contributed by atoms with Crippen molar-refractivity contribution in [1.29, 1.82) is 0 Å². The van der Waals surface area contributed by atoms with Crippen LogP contribution in [-0.4, -0.2) is 72.1 Å². The van der Waals surface area contributed by atoms with Crippen molar-refractivity contribution in [3.63, 3.8) is 0 Å². The van der Waals surface area contributed by atoms with Crippen LogP contribution in [0.4, 0.5) is 0 Å². The van der Waals surface area contributed by atoms with Crippen molar-refractivity contribution < 1.29 is 9.53 Å². The molecule has 0 spiro atoms. The molecule has 6 heteroatoms. The first-order chi connectivity index (χ1) is 9.60. The van der Waals surface area contributed by atoms with Gasteiger partial charge in [0.05, 0.1) is 6.61 Å². The first kappa shape index (κ1) is 14.9. The van der Waals surface area contributed by atoms with Gasteiger partial charge in [-0.1, -0.05) is 0 Å². The molecule has 20 heavy (non-hydrogen) atoms. The molecular weight excluding hydrogens is 256 g/mol. The molecule has 0 atom stereocenters. The first-order valence-electron chi connectivity index (χ1n) is 6.93. The fourth-order valence-electron chi connectivity index (χ4n) is 2.38. The average molecular weight is 278 g/mol. The van der Waals surface area contributed by atoms with E-state index in [0.29, 0.717) is 11.5 Å². The van der Waals surface area contributed by atoms with Gasteiger partial charge in [-0.15, -0.1) is 0 Å². The second-order valence-corrected chi connectivity index (χ2v) is 5.07. The molecule has 0 unspecified atom stereocenters. The van der Waals surface area contributed by atoms with Crippen LogP contribution in [0.1, 0.15) is 22.0 Å². The van der Waals surface area contributed by atoms with Gasteiger partial charge in [-0.3, -0.25) is 9.69 Å². The van der Waals surface area contributed by atoms with E-state index in [9.17, 15) is 4.79 Å². The smallest absolute Gasteiger partial charge is 0.272 e. The van der Waals surface area contributed by atoms with Crippen molar-refractivity contribution in [1.82, 2.24) is 19.8 Å². The standard InChI is InChI=1S/C14H22N4O2/c1-11-10-13(16-12(2)15-11)14(19)18-6-4-17(5-7-18)8-9-20-3/h10H,4-9H2,1-3H3. The topological polar surface area (TPSA) is 58.6 Å². The van der Waals surface area contributed by atoms with Gasteiger partial charge in [0.1, 0.15) is 11.5 Å². The fourth-order valence-corrected chi connectivity index (χ4v) is 2.38. The molecule has 1 aliphatic heterocycles. The predicted molar refractivity (Wildman–Crippen MR) is 75.7 cm³/mol. The summed E-state index contributed by atoms with van der Waals surface area (Å²) in [6, 6.07) is 1.76. The number of carbonyl (C=O) groups is 1. The molecule has 1 saturated heterocycles. The molecular formula is C14H22N4O2. The van der Waals surface area contributed by atoms with Crippen LogP contribution in [0.2, 0.25) is 0 Å². The van der Waals surface area contributed by atoms with E-state index in [0.717, 1.165) is 45.0 Å². The number of piperazine rings is 1. The van der Waals surface area contributed by atoms with Crippen LogP contribution in [0, 0.1) is 13.8 Å². The number of ether oxygens (including phenoxy) is 1. The number of carbonyl (C=O) groups excluding carboxylic acids is 1. The van der Waals surface area contributed by atoms with E-state index in [1.54, 1.807) is 13.2 Å². The van der Waals surface area contributed by atoms with Crippen LogP contribution in [0.3, 0.4) is 0 Å². The van der Waals surface area contributed by atoms with Gasteiger partial charge in [-0.25, -0.2) is 9.97 Å². The maximum absolute atomic E-state index is 12.4. The Hall–Kier alpha value is -1.53. The number of amides is 1. The first-order valence-corrected chi connectivity index (χ1v) is 6.93. The van der Waals surface area contributed by atoms with Gasteiger partial charge >= 0.3 is 0 Å². The Kier molecular flexibility index (Phi) is 5.03. The Balaban J connectivity index is 1.94. The van der Waals surface area contributed by atoms with Crippen LogP contribution < -0.4 is 0 Å². The molecule has 1 aliphatic rings. The van der Waals surface area contributed by atoms with Crippen molar-refractivity contribution in [3.05, 3.63) is 23.3 Å². The van der Waals surface area contributed by atoms with Crippen molar-refractivity contribution in [3.8, 4) is 0 Å². The quantitative estimate of drug-likeness (QED) is 0.802. The number of aromatic nitrogens is 2. The molecule has 1 fully saturated rings. The zero-order chi connectivity index (χ0) is 14.5. The van der Waals surface area contributed by atoms with Gasteiger partial charge in [0.25, 0.3) is 5.91 Å². The average Bonchev–Trinajstić information content (AvgIpc) is 2.44. The zero-order valence-corrected chi connectivity index (χ0v) is 12.4. The summed E-state index contributed by atoms with van der Waals surface area (Å²) in [5.74, 6) is 0.650. The molecule has 0 aliphatic carbocycles. The molecule has 0 bridgehead atoms. The summed E-state index contributed by atoms with van der Waals surface area (Å²) < 4.78 is 5.08. The van der Waals surface area contributed by atoms with E-state index in [1.807, 2.05) is 18.7 Å². The molecule has 0 saturated carbocycles. The Morgan fingerprint density at radius 3 is 2.55 bits per heavy atom. The minimum absolute atomic E-state index is 0.00462.